The lowest BCUT2D eigenvalue weighted by molar-refractivity contribution is -0.114. The molecule has 1 aromatic heterocycles. The minimum absolute atomic E-state index is 0.0899. The van der Waals surface area contributed by atoms with E-state index >= 15 is 0 Å². The average Bonchev–Trinajstić information content (AvgIpc) is 2.83. The fraction of sp³-hybridized carbons (Fsp3) is 0.458. The molecule has 2 aromatic rings. The maximum Gasteiger partial charge on any atom is 0.274 e. The summed E-state index contributed by atoms with van der Waals surface area (Å²) in [5.41, 5.74) is 1.05. The summed E-state index contributed by atoms with van der Waals surface area (Å²) in [7, 11) is 3.28. The second-order valence-corrected chi connectivity index (χ2v) is 8.54. The number of nitrogens with one attached hydrogen (secondary N) is 1. The van der Waals surface area contributed by atoms with E-state index in [0.29, 0.717) is 30.1 Å². The summed E-state index contributed by atoms with van der Waals surface area (Å²) in [5.74, 6) is -0.471. The zero-order valence-corrected chi connectivity index (χ0v) is 20.1. The molecule has 0 spiro atoms. The number of hydrogen-bond acceptors (Lipinski definition) is 7. The van der Waals surface area contributed by atoms with Crippen molar-refractivity contribution in [1.29, 1.82) is 0 Å². The number of likely N-dealkylation sites (N-methyl/N-ethyl adjacent to an activating group) is 1. The number of benzene rings is 1. The predicted octanol–water partition coefficient (Wildman–Crippen LogP) is 2.08. The highest BCUT2D eigenvalue weighted by molar-refractivity contribution is 5.99. The van der Waals surface area contributed by atoms with E-state index in [0.717, 1.165) is 0 Å². The number of methoxy groups -OCH3 is 1. The van der Waals surface area contributed by atoms with Crippen molar-refractivity contribution in [1.82, 2.24) is 19.8 Å². The fourth-order valence-corrected chi connectivity index (χ4v) is 3.90. The molecule has 1 aliphatic rings. The third kappa shape index (κ3) is 5.88. The van der Waals surface area contributed by atoms with Gasteiger partial charge in [0.05, 0.1) is 23.9 Å². The number of carbonyl (C=O) groups excluding carboxylic acids is 3. The molecule has 3 atom stereocenters. The van der Waals surface area contributed by atoms with Gasteiger partial charge in [-0.05, 0) is 25.1 Å². The van der Waals surface area contributed by atoms with Crippen LogP contribution in [0.15, 0.2) is 36.8 Å². The third-order valence-corrected chi connectivity index (χ3v) is 5.81. The Hall–Kier alpha value is -3.53. The number of fused-ring (bicyclic) bond motifs is 1. The minimum atomic E-state index is -0.329. The first-order valence-electron chi connectivity index (χ1n) is 11.1. The number of nitrogens with zero attached hydrogens (tertiary/aromatic N) is 4. The molecule has 0 radical (unpaired) electrons. The molecular weight excluding hydrogens is 438 g/mol. The van der Waals surface area contributed by atoms with Crippen molar-refractivity contribution in [2.24, 2.45) is 5.92 Å². The SMILES string of the molecule is CO[C@@H]1CN(C)C(=O)c2cc(NC(C)=O)ccc2OC[C@H](C)N(C(=O)c2cnccn2)C[C@@H]1C. The summed E-state index contributed by atoms with van der Waals surface area (Å²) in [6.45, 7) is 6.11. The molecule has 1 N–H and O–H groups in total. The fourth-order valence-electron chi connectivity index (χ4n) is 3.90. The van der Waals surface area contributed by atoms with Gasteiger partial charge in [-0.3, -0.25) is 19.4 Å². The zero-order chi connectivity index (χ0) is 24.8. The van der Waals surface area contributed by atoms with E-state index in [9.17, 15) is 14.4 Å². The van der Waals surface area contributed by atoms with Crippen LogP contribution in [0.5, 0.6) is 5.75 Å². The number of amides is 3. The van der Waals surface area contributed by atoms with Crippen LogP contribution in [0.3, 0.4) is 0 Å². The van der Waals surface area contributed by atoms with Crippen LogP contribution in [-0.4, -0.2) is 83.5 Å². The van der Waals surface area contributed by atoms with Crippen molar-refractivity contribution in [3.63, 3.8) is 0 Å². The maximum atomic E-state index is 13.3. The van der Waals surface area contributed by atoms with Gasteiger partial charge in [-0.15, -0.1) is 0 Å². The van der Waals surface area contributed by atoms with Gasteiger partial charge >= 0.3 is 0 Å². The molecule has 182 valence electrons. The molecule has 0 saturated carbocycles. The van der Waals surface area contributed by atoms with Gasteiger partial charge in [0, 0.05) is 58.2 Å². The van der Waals surface area contributed by atoms with Crippen molar-refractivity contribution in [2.75, 3.05) is 39.2 Å². The quantitative estimate of drug-likeness (QED) is 0.732. The molecule has 1 aliphatic heterocycles. The lowest BCUT2D eigenvalue weighted by Gasteiger charge is -2.35. The second-order valence-electron chi connectivity index (χ2n) is 8.54. The van der Waals surface area contributed by atoms with Crippen LogP contribution >= 0.6 is 0 Å². The van der Waals surface area contributed by atoms with Gasteiger partial charge in [-0.2, -0.15) is 0 Å². The molecule has 2 heterocycles. The molecule has 34 heavy (non-hydrogen) atoms. The van der Waals surface area contributed by atoms with Crippen molar-refractivity contribution in [3.8, 4) is 5.75 Å². The molecule has 0 unspecified atom stereocenters. The molecule has 1 aromatic carbocycles. The van der Waals surface area contributed by atoms with Crippen LogP contribution < -0.4 is 10.1 Å². The Balaban J connectivity index is 1.99. The Morgan fingerprint density at radius 3 is 2.62 bits per heavy atom. The van der Waals surface area contributed by atoms with E-state index in [2.05, 4.69) is 15.3 Å². The molecule has 0 bridgehead atoms. The van der Waals surface area contributed by atoms with Gasteiger partial charge in [0.25, 0.3) is 11.8 Å². The van der Waals surface area contributed by atoms with E-state index in [-0.39, 0.29) is 48.1 Å². The summed E-state index contributed by atoms with van der Waals surface area (Å²) < 4.78 is 11.7. The van der Waals surface area contributed by atoms with Crippen LogP contribution in [0.25, 0.3) is 0 Å². The van der Waals surface area contributed by atoms with Crippen LogP contribution in [-0.2, 0) is 9.53 Å². The van der Waals surface area contributed by atoms with Gasteiger partial charge in [0.15, 0.2) is 0 Å². The Kier molecular flexibility index (Phi) is 8.17. The van der Waals surface area contributed by atoms with E-state index in [1.54, 1.807) is 42.2 Å². The number of ether oxygens (including phenoxy) is 2. The normalized spacial score (nSPS) is 21.6. The van der Waals surface area contributed by atoms with Crippen LogP contribution in [0.1, 0.15) is 41.6 Å². The van der Waals surface area contributed by atoms with Crippen molar-refractivity contribution >= 4 is 23.4 Å². The largest absolute Gasteiger partial charge is 0.491 e. The van der Waals surface area contributed by atoms with E-state index in [1.165, 1.54) is 25.5 Å². The van der Waals surface area contributed by atoms with Gasteiger partial charge in [0.1, 0.15) is 18.1 Å². The molecular formula is C24H31N5O5. The standard InChI is InChI=1S/C24H31N5O5/c1-15-12-29(24(32)20-11-25-8-9-26-20)16(2)14-34-21-7-6-18(27-17(3)30)10-19(21)23(31)28(4)13-22(15)33-5/h6-11,15-16,22H,12-14H2,1-5H3,(H,27,30)/t15-,16-,22+/m0/s1. The minimum Gasteiger partial charge on any atom is -0.491 e. The van der Waals surface area contributed by atoms with Crippen LogP contribution in [0, 0.1) is 5.92 Å². The summed E-state index contributed by atoms with van der Waals surface area (Å²) in [6.07, 6.45) is 4.12. The first-order valence-corrected chi connectivity index (χ1v) is 11.1. The van der Waals surface area contributed by atoms with E-state index in [4.69, 9.17) is 9.47 Å². The first-order chi connectivity index (χ1) is 16.2. The second kappa shape index (κ2) is 11.1. The molecule has 10 nitrogen and oxygen atoms in total. The van der Waals surface area contributed by atoms with E-state index < -0.39 is 0 Å². The molecule has 0 saturated heterocycles. The Morgan fingerprint density at radius 2 is 1.97 bits per heavy atom. The average molecular weight is 470 g/mol. The number of aromatic nitrogens is 2. The van der Waals surface area contributed by atoms with Gasteiger partial charge in [-0.25, -0.2) is 4.98 Å². The summed E-state index contributed by atoms with van der Waals surface area (Å²) >= 11 is 0. The highest BCUT2D eigenvalue weighted by Crippen LogP contribution is 2.26. The Morgan fingerprint density at radius 1 is 1.21 bits per heavy atom. The summed E-state index contributed by atoms with van der Waals surface area (Å²) in [5, 5.41) is 2.70. The number of carbonyl (C=O) groups is 3. The van der Waals surface area contributed by atoms with Crippen molar-refractivity contribution < 1.29 is 23.9 Å². The highest BCUT2D eigenvalue weighted by atomic mass is 16.5. The van der Waals surface area contributed by atoms with Gasteiger partial charge in [-0.1, -0.05) is 6.92 Å². The molecule has 3 amide bonds. The number of hydrogen-bond donors (Lipinski definition) is 1. The van der Waals surface area contributed by atoms with E-state index in [1.807, 2.05) is 13.8 Å². The third-order valence-electron chi connectivity index (χ3n) is 5.81. The highest BCUT2D eigenvalue weighted by Gasteiger charge is 2.31. The molecule has 3 rings (SSSR count). The summed E-state index contributed by atoms with van der Waals surface area (Å²) in [4.78, 5) is 49.5. The topological polar surface area (TPSA) is 114 Å². The van der Waals surface area contributed by atoms with Crippen LogP contribution in [0.4, 0.5) is 5.69 Å². The molecule has 0 fully saturated rings. The Labute approximate surface area is 199 Å². The number of rotatable bonds is 3. The number of anilines is 1. The predicted molar refractivity (Wildman–Crippen MR) is 126 cm³/mol. The Bertz CT molecular complexity index is 1030. The van der Waals surface area contributed by atoms with Gasteiger partial charge < -0.3 is 24.6 Å². The smallest absolute Gasteiger partial charge is 0.274 e. The molecule has 0 aliphatic carbocycles. The van der Waals surface area contributed by atoms with Crippen LogP contribution in [0.2, 0.25) is 0 Å². The first kappa shape index (κ1) is 25.1. The summed E-state index contributed by atoms with van der Waals surface area (Å²) in [6, 6.07) is 4.59. The van der Waals surface area contributed by atoms with Crippen molar-refractivity contribution in [2.45, 2.75) is 32.9 Å². The maximum absolute atomic E-state index is 13.3. The lowest BCUT2D eigenvalue weighted by Crippen LogP contribution is -2.48. The molecule has 10 heteroatoms. The monoisotopic (exact) mass is 469 g/mol. The lowest BCUT2D eigenvalue weighted by atomic mass is 10.0. The zero-order valence-electron chi connectivity index (χ0n) is 20.1. The van der Waals surface area contributed by atoms with Crippen molar-refractivity contribution in [3.05, 3.63) is 48.0 Å². The van der Waals surface area contributed by atoms with Gasteiger partial charge in [0.2, 0.25) is 5.91 Å².